The molecule has 0 unspecified atom stereocenters. The van der Waals surface area contributed by atoms with Gasteiger partial charge in [0.15, 0.2) is 6.29 Å². The summed E-state index contributed by atoms with van der Waals surface area (Å²) >= 11 is 0. The third-order valence-corrected chi connectivity index (χ3v) is 3.20. The van der Waals surface area contributed by atoms with Crippen molar-refractivity contribution in [1.82, 2.24) is 0 Å². The van der Waals surface area contributed by atoms with Crippen LogP contribution in [0.3, 0.4) is 0 Å². The molecule has 0 bridgehead atoms. The van der Waals surface area contributed by atoms with Gasteiger partial charge in [-0.3, -0.25) is 0 Å². The molecule has 1 rings (SSSR count). The fourth-order valence-electron chi connectivity index (χ4n) is 2.02. The van der Waals surface area contributed by atoms with Crippen molar-refractivity contribution in [2.75, 3.05) is 21.3 Å². The molecule has 0 radical (unpaired) electrons. The minimum atomic E-state index is -0.188. The lowest BCUT2D eigenvalue weighted by Crippen LogP contribution is -2.13. The maximum atomic E-state index is 5.44. The van der Waals surface area contributed by atoms with Gasteiger partial charge in [0.25, 0.3) is 0 Å². The predicted octanol–water partition coefficient (Wildman–Crippen LogP) is 4.01. The number of ether oxygens (including phenoxy) is 3. The van der Waals surface area contributed by atoms with E-state index in [9.17, 15) is 0 Å². The van der Waals surface area contributed by atoms with Gasteiger partial charge in [0.1, 0.15) is 5.75 Å². The number of hydrogen-bond donors (Lipinski definition) is 0. The Kier molecular flexibility index (Phi) is 6.24. The molecule has 0 N–H and O–H groups in total. The van der Waals surface area contributed by atoms with E-state index >= 15 is 0 Å². The second-order valence-corrected chi connectivity index (χ2v) is 5.75. The van der Waals surface area contributed by atoms with Crippen LogP contribution in [0, 0.1) is 0 Å². The molecule has 0 heterocycles. The average molecular weight is 278 g/mol. The maximum Gasteiger partial charge on any atom is 0.160 e. The molecule has 112 valence electrons. The van der Waals surface area contributed by atoms with Gasteiger partial charge in [-0.25, -0.2) is 0 Å². The lowest BCUT2D eigenvalue weighted by molar-refractivity contribution is -0.0985. The monoisotopic (exact) mass is 278 g/mol. The molecule has 0 aliphatic carbocycles. The maximum absolute atomic E-state index is 5.44. The second kappa shape index (κ2) is 7.46. The number of hydrogen-bond acceptors (Lipinski definition) is 3. The molecule has 0 saturated heterocycles. The smallest absolute Gasteiger partial charge is 0.160 e. The quantitative estimate of drug-likeness (QED) is 0.736. The predicted molar refractivity (Wildman–Crippen MR) is 83.2 cm³/mol. The Labute approximate surface area is 122 Å². The van der Waals surface area contributed by atoms with Crippen molar-refractivity contribution in [3.63, 3.8) is 0 Å². The minimum Gasteiger partial charge on any atom is -0.496 e. The van der Waals surface area contributed by atoms with Crippen LogP contribution in [-0.4, -0.2) is 27.6 Å². The fraction of sp³-hybridized carbons (Fsp3) is 0.529. The average Bonchev–Trinajstić information content (AvgIpc) is 2.42. The zero-order chi connectivity index (χ0) is 15.2. The molecular weight excluding hydrogens is 252 g/mol. The first kappa shape index (κ1) is 16.7. The zero-order valence-corrected chi connectivity index (χ0v) is 13.4. The first-order valence-electron chi connectivity index (χ1n) is 6.83. The third kappa shape index (κ3) is 4.66. The topological polar surface area (TPSA) is 27.7 Å². The van der Waals surface area contributed by atoms with Crippen LogP contribution in [0.5, 0.6) is 5.75 Å². The molecule has 0 spiro atoms. The molecule has 0 aromatic heterocycles. The Morgan fingerprint density at radius 3 is 2.25 bits per heavy atom. The molecule has 3 heteroatoms. The molecule has 0 fully saturated rings. The Morgan fingerprint density at radius 2 is 1.75 bits per heavy atom. The van der Waals surface area contributed by atoms with E-state index < -0.39 is 0 Å². The molecule has 0 atom stereocenters. The molecule has 0 saturated carbocycles. The summed E-state index contributed by atoms with van der Waals surface area (Å²) in [6.07, 6.45) is 4.68. The summed E-state index contributed by atoms with van der Waals surface area (Å²) in [5.74, 6) is 0.932. The number of methoxy groups -OCH3 is 3. The van der Waals surface area contributed by atoms with Crippen molar-refractivity contribution in [3.8, 4) is 5.75 Å². The standard InChI is InChI=1S/C17H26O3/c1-17(2,3)14-12-13(10-11-15(14)18-4)8-7-9-16(19-5)20-6/h7-8,10-12,16H,9H2,1-6H3. The second-order valence-electron chi connectivity index (χ2n) is 5.75. The van der Waals surface area contributed by atoms with Crippen LogP contribution in [0.25, 0.3) is 6.08 Å². The van der Waals surface area contributed by atoms with E-state index in [-0.39, 0.29) is 11.7 Å². The van der Waals surface area contributed by atoms with Gasteiger partial charge < -0.3 is 14.2 Å². The fourth-order valence-corrected chi connectivity index (χ4v) is 2.02. The van der Waals surface area contributed by atoms with Crippen molar-refractivity contribution >= 4 is 6.08 Å². The summed E-state index contributed by atoms with van der Waals surface area (Å²) in [7, 11) is 5.00. The van der Waals surface area contributed by atoms with Crippen LogP contribution < -0.4 is 4.74 Å². The van der Waals surface area contributed by atoms with Crippen LogP contribution >= 0.6 is 0 Å². The lowest BCUT2D eigenvalue weighted by atomic mass is 9.85. The van der Waals surface area contributed by atoms with Gasteiger partial charge >= 0.3 is 0 Å². The van der Waals surface area contributed by atoms with Gasteiger partial charge in [-0.2, -0.15) is 0 Å². The van der Waals surface area contributed by atoms with Crippen LogP contribution in [0.4, 0.5) is 0 Å². The van der Waals surface area contributed by atoms with E-state index in [0.29, 0.717) is 0 Å². The van der Waals surface area contributed by atoms with Crippen molar-refractivity contribution < 1.29 is 14.2 Å². The van der Waals surface area contributed by atoms with E-state index in [0.717, 1.165) is 17.7 Å². The zero-order valence-electron chi connectivity index (χ0n) is 13.4. The van der Waals surface area contributed by atoms with Crippen LogP contribution in [-0.2, 0) is 14.9 Å². The van der Waals surface area contributed by atoms with Crippen LogP contribution in [0.2, 0.25) is 0 Å². The van der Waals surface area contributed by atoms with Gasteiger partial charge in [-0.15, -0.1) is 0 Å². The van der Waals surface area contributed by atoms with Gasteiger partial charge in [-0.1, -0.05) is 39.0 Å². The molecular formula is C17H26O3. The summed E-state index contributed by atoms with van der Waals surface area (Å²) in [5, 5.41) is 0. The Bertz CT molecular complexity index is 440. The van der Waals surface area contributed by atoms with E-state index in [1.165, 1.54) is 5.56 Å². The SMILES string of the molecule is COc1ccc(C=CCC(OC)OC)cc1C(C)(C)C. The molecule has 0 aliphatic heterocycles. The molecule has 3 nitrogen and oxygen atoms in total. The molecule has 0 amide bonds. The highest BCUT2D eigenvalue weighted by Crippen LogP contribution is 2.32. The highest BCUT2D eigenvalue weighted by atomic mass is 16.7. The van der Waals surface area contributed by atoms with E-state index in [4.69, 9.17) is 14.2 Å². The lowest BCUT2D eigenvalue weighted by Gasteiger charge is -2.22. The van der Waals surface area contributed by atoms with Crippen molar-refractivity contribution in [1.29, 1.82) is 0 Å². The summed E-state index contributed by atoms with van der Waals surface area (Å²) in [6, 6.07) is 6.24. The first-order chi connectivity index (χ1) is 9.42. The van der Waals surface area contributed by atoms with Gasteiger partial charge in [0, 0.05) is 26.2 Å². The number of rotatable bonds is 6. The van der Waals surface area contributed by atoms with Gasteiger partial charge in [0.2, 0.25) is 0 Å². The largest absolute Gasteiger partial charge is 0.496 e. The summed E-state index contributed by atoms with van der Waals surface area (Å²) in [5.41, 5.74) is 2.41. The summed E-state index contributed by atoms with van der Waals surface area (Å²) in [6.45, 7) is 6.55. The molecule has 1 aromatic rings. The first-order valence-corrected chi connectivity index (χ1v) is 6.83. The Morgan fingerprint density at radius 1 is 1.10 bits per heavy atom. The number of benzene rings is 1. The van der Waals surface area contributed by atoms with E-state index in [1.807, 2.05) is 6.07 Å². The van der Waals surface area contributed by atoms with Crippen molar-refractivity contribution in [3.05, 3.63) is 35.4 Å². The summed E-state index contributed by atoms with van der Waals surface area (Å²) < 4.78 is 15.8. The van der Waals surface area contributed by atoms with E-state index in [2.05, 4.69) is 45.1 Å². The van der Waals surface area contributed by atoms with Crippen LogP contribution in [0.1, 0.15) is 38.3 Å². The van der Waals surface area contributed by atoms with Gasteiger partial charge in [0.05, 0.1) is 7.11 Å². The Hall–Kier alpha value is -1.32. The third-order valence-electron chi connectivity index (χ3n) is 3.20. The minimum absolute atomic E-state index is 0.0524. The van der Waals surface area contributed by atoms with Crippen molar-refractivity contribution in [2.45, 2.75) is 38.9 Å². The summed E-state index contributed by atoms with van der Waals surface area (Å²) in [4.78, 5) is 0. The molecule has 0 aliphatic rings. The highest BCUT2D eigenvalue weighted by Gasteiger charge is 2.18. The van der Waals surface area contributed by atoms with E-state index in [1.54, 1.807) is 21.3 Å². The van der Waals surface area contributed by atoms with Crippen LogP contribution in [0.15, 0.2) is 24.3 Å². The molecule has 1 aromatic carbocycles. The highest BCUT2D eigenvalue weighted by molar-refractivity contribution is 5.54. The van der Waals surface area contributed by atoms with Gasteiger partial charge in [-0.05, 0) is 23.1 Å². The Balaban J connectivity index is 2.90. The van der Waals surface area contributed by atoms with Crippen molar-refractivity contribution in [2.24, 2.45) is 0 Å². The normalized spacial score (nSPS) is 12.3. The molecule has 20 heavy (non-hydrogen) atoms.